The number of ether oxygens (including phenoxy) is 2. The Kier molecular flexibility index (Phi) is 9.24. The highest BCUT2D eigenvalue weighted by atomic mass is 32.1. The maximum absolute atomic E-state index is 13.2. The van der Waals surface area contributed by atoms with Crippen molar-refractivity contribution in [1.82, 2.24) is 29.4 Å². The van der Waals surface area contributed by atoms with Crippen LogP contribution in [0.2, 0.25) is 0 Å². The molecular formula is C28H36N6O4S2. The van der Waals surface area contributed by atoms with Gasteiger partial charge in [-0.05, 0) is 47.7 Å². The molecule has 1 aromatic carbocycles. The maximum Gasteiger partial charge on any atom is 0.276 e. The molecule has 0 bridgehead atoms. The summed E-state index contributed by atoms with van der Waals surface area (Å²) in [6.07, 6.45) is 3.71. The summed E-state index contributed by atoms with van der Waals surface area (Å²) in [5.41, 5.74) is 2.85. The first-order chi connectivity index (χ1) is 19.3. The molecule has 0 saturated carbocycles. The first-order valence-electron chi connectivity index (χ1n) is 13.7. The average Bonchev–Trinajstić information content (AvgIpc) is 3.30. The quantitative estimate of drug-likeness (QED) is 0.328. The van der Waals surface area contributed by atoms with Crippen LogP contribution in [0, 0.1) is 0 Å². The van der Waals surface area contributed by atoms with Crippen LogP contribution in [-0.2, 0) is 19.1 Å². The molecule has 0 aromatic heterocycles. The van der Waals surface area contributed by atoms with E-state index in [0.717, 1.165) is 76.8 Å². The van der Waals surface area contributed by atoms with E-state index in [2.05, 4.69) is 9.80 Å². The van der Waals surface area contributed by atoms with Crippen LogP contribution in [0.1, 0.15) is 11.1 Å². The SMILES string of the molecule is CN1C(=S)N(CCN2CCOCC2)C(=O)/C1=C/c1ccc(/C=C2\C(=O)N(CCN3CCOCC3)C(=S)N2C)cc1. The van der Waals surface area contributed by atoms with Crippen LogP contribution < -0.4 is 0 Å². The lowest BCUT2D eigenvalue weighted by atomic mass is 10.1. The molecule has 0 aliphatic carbocycles. The van der Waals surface area contributed by atoms with Gasteiger partial charge in [0.2, 0.25) is 0 Å². The zero-order chi connectivity index (χ0) is 28.2. The summed E-state index contributed by atoms with van der Waals surface area (Å²) < 4.78 is 10.8. The molecule has 4 aliphatic heterocycles. The minimum atomic E-state index is -0.0872. The molecule has 214 valence electrons. The number of likely N-dealkylation sites (N-methyl/N-ethyl adjacent to an activating group) is 2. The van der Waals surface area contributed by atoms with E-state index in [9.17, 15) is 9.59 Å². The Bertz CT molecular complexity index is 1110. The molecule has 10 nitrogen and oxygen atoms in total. The van der Waals surface area contributed by atoms with Crippen LogP contribution in [0.5, 0.6) is 0 Å². The fourth-order valence-corrected chi connectivity index (χ4v) is 5.70. The van der Waals surface area contributed by atoms with Crippen LogP contribution in [0.25, 0.3) is 12.2 Å². The molecule has 1 aromatic rings. The van der Waals surface area contributed by atoms with Crippen LogP contribution >= 0.6 is 24.4 Å². The molecular weight excluding hydrogens is 548 g/mol. The number of amides is 2. The Balaban J connectivity index is 1.22. The molecule has 4 saturated heterocycles. The third-order valence-electron chi connectivity index (χ3n) is 7.72. The van der Waals surface area contributed by atoms with Crippen LogP contribution in [0.4, 0.5) is 0 Å². The van der Waals surface area contributed by atoms with E-state index in [1.807, 2.05) is 50.5 Å². The smallest absolute Gasteiger partial charge is 0.276 e. The summed E-state index contributed by atoms with van der Waals surface area (Å²) in [6, 6.07) is 7.75. The summed E-state index contributed by atoms with van der Waals surface area (Å²) in [5.74, 6) is -0.174. The molecule has 5 rings (SSSR count). The second-order valence-corrected chi connectivity index (χ2v) is 11.0. The fraction of sp³-hybridized carbons (Fsp3) is 0.500. The molecule has 4 aliphatic rings. The molecule has 0 radical (unpaired) electrons. The molecule has 0 unspecified atom stereocenters. The van der Waals surface area contributed by atoms with Crippen LogP contribution in [-0.4, -0.2) is 144 Å². The molecule has 4 heterocycles. The number of hydrogen-bond acceptors (Lipinski definition) is 8. The Labute approximate surface area is 246 Å². The Morgan fingerprint density at radius 3 is 1.35 bits per heavy atom. The van der Waals surface area contributed by atoms with Gasteiger partial charge in [-0.25, -0.2) is 0 Å². The van der Waals surface area contributed by atoms with Gasteiger partial charge in [0.05, 0.1) is 26.4 Å². The van der Waals surface area contributed by atoms with Crippen LogP contribution in [0.3, 0.4) is 0 Å². The first kappa shape index (κ1) is 28.8. The minimum Gasteiger partial charge on any atom is -0.379 e. The molecule has 0 spiro atoms. The fourth-order valence-electron chi connectivity index (χ4n) is 5.15. The lowest BCUT2D eigenvalue weighted by molar-refractivity contribution is -0.123. The number of carbonyl (C=O) groups excluding carboxylic acids is 2. The standard InChI is InChI=1S/C28H36N6O4S2/c1-29-23(25(35)33(27(29)39)9-7-31-11-15-37-16-12-31)19-21-3-5-22(6-4-21)20-24-26(36)34(28(40)30(24)2)10-8-32-13-17-38-18-14-32/h3-6,19-20H,7-18H2,1-2H3/b23-19-,24-20+. The van der Waals surface area contributed by atoms with E-state index in [4.69, 9.17) is 33.9 Å². The van der Waals surface area contributed by atoms with Gasteiger partial charge < -0.3 is 19.3 Å². The lowest BCUT2D eigenvalue weighted by Crippen LogP contribution is -2.43. The van der Waals surface area contributed by atoms with Crippen molar-refractivity contribution in [3.63, 3.8) is 0 Å². The number of thiocarbonyl (C=S) groups is 2. The van der Waals surface area contributed by atoms with E-state index in [1.54, 1.807) is 19.6 Å². The second kappa shape index (κ2) is 12.8. The maximum atomic E-state index is 13.2. The van der Waals surface area contributed by atoms with Gasteiger partial charge in [-0.3, -0.25) is 29.2 Å². The number of morpholine rings is 2. The van der Waals surface area contributed by atoms with Crippen molar-refractivity contribution in [2.24, 2.45) is 0 Å². The Morgan fingerprint density at radius 2 is 1.00 bits per heavy atom. The van der Waals surface area contributed by atoms with Crippen molar-refractivity contribution in [2.75, 3.05) is 92.9 Å². The Hall–Kier alpha value is -2.74. The number of carbonyl (C=O) groups is 2. The molecule has 12 heteroatoms. The van der Waals surface area contributed by atoms with Gasteiger partial charge in [-0.15, -0.1) is 0 Å². The van der Waals surface area contributed by atoms with Crippen molar-refractivity contribution in [2.45, 2.75) is 0 Å². The van der Waals surface area contributed by atoms with Crippen LogP contribution in [0.15, 0.2) is 35.7 Å². The van der Waals surface area contributed by atoms with Crippen molar-refractivity contribution in [1.29, 1.82) is 0 Å². The molecule has 40 heavy (non-hydrogen) atoms. The first-order valence-corrected chi connectivity index (χ1v) is 14.5. The number of rotatable bonds is 8. The van der Waals surface area contributed by atoms with Gasteiger partial charge in [0.15, 0.2) is 10.2 Å². The average molecular weight is 585 g/mol. The monoisotopic (exact) mass is 584 g/mol. The zero-order valence-electron chi connectivity index (χ0n) is 23.1. The number of benzene rings is 1. The van der Waals surface area contributed by atoms with Gasteiger partial charge in [0, 0.05) is 66.5 Å². The summed E-state index contributed by atoms with van der Waals surface area (Å²) in [4.78, 5) is 37.8. The van der Waals surface area contributed by atoms with Gasteiger partial charge in [-0.1, -0.05) is 24.3 Å². The predicted molar refractivity (Wildman–Crippen MR) is 161 cm³/mol. The summed E-state index contributed by atoms with van der Waals surface area (Å²) in [6.45, 7) is 9.01. The van der Waals surface area contributed by atoms with Crippen molar-refractivity contribution in [3.05, 3.63) is 46.8 Å². The van der Waals surface area contributed by atoms with Gasteiger partial charge in [0.25, 0.3) is 11.8 Å². The van der Waals surface area contributed by atoms with E-state index < -0.39 is 0 Å². The third kappa shape index (κ3) is 6.27. The third-order valence-corrected chi connectivity index (χ3v) is 8.71. The van der Waals surface area contributed by atoms with Gasteiger partial charge in [0.1, 0.15) is 11.4 Å². The summed E-state index contributed by atoms with van der Waals surface area (Å²) >= 11 is 11.2. The van der Waals surface area contributed by atoms with Crippen molar-refractivity contribution >= 4 is 58.6 Å². The van der Waals surface area contributed by atoms with Gasteiger partial charge >= 0.3 is 0 Å². The molecule has 0 atom stereocenters. The molecule has 4 fully saturated rings. The highest BCUT2D eigenvalue weighted by Gasteiger charge is 2.37. The van der Waals surface area contributed by atoms with Gasteiger partial charge in [-0.2, -0.15) is 0 Å². The second-order valence-electron chi connectivity index (χ2n) is 10.2. The number of hydrogen-bond donors (Lipinski definition) is 0. The van der Waals surface area contributed by atoms with E-state index in [0.29, 0.717) is 34.7 Å². The predicted octanol–water partition coefficient (Wildman–Crippen LogP) is 1.15. The minimum absolute atomic E-state index is 0.0872. The zero-order valence-corrected chi connectivity index (χ0v) is 24.7. The molecule has 2 amide bonds. The highest BCUT2D eigenvalue weighted by molar-refractivity contribution is 7.80. The Morgan fingerprint density at radius 1 is 0.650 bits per heavy atom. The largest absolute Gasteiger partial charge is 0.379 e. The highest BCUT2D eigenvalue weighted by Crippen LogP contribution is 2.25. The van der Waals surface area contributed by atoms with E-state index in [1.165, 1.54) is 0 Å². The van der Waals surface area contributed by atoms with Crippen molar-refractivity contribution in [3.8, 4) is 0 Å². The summed E-state index contributed by atoms with van der Waals surface area (Å²) in [5, 5.41) is 1.03. The van der Waals surface area contributed by atoms with E-state index in [-0.39, 0.29) is 11.8 Å². The van der Waals surface area contributed by atoms with Crippen molar-refractivity contribution < 1.29 is 19.1 Å². The lowest BCUT2D eigenvalue weighted by Gasteiger charge is -2.28. The van der Waals surface area contributed by atoms with E-state index >= 15 is 0 Å². The summed E-state index contributed by atoms with van der Waals surface area (Å²) in [7, 11) is 3.66. The molecule has 0 N–H and O–H groups in total. The topological polar surface area (TPSA) is 72.0 Å². The normalized spacial score (nSPS) is 23.6. The number of nitrogens with zero attached hydrogens (tertiary/aromatic N) is 6.